The number of aliphatic hydroxyl groups excluding tert-OH is 1. The van der Waals surface area contributed by atoms with Gasteiger partial charge in [0.15, 0.2) is 0 Å². The Kier molecular flexibility index (Phi) is 1.81. The molecular weight excluding hydrogens is 156 g/mol. The molecule has 12 heavy (non-hydrogen) atoms. The van der Waals surface area contributed by atoms with Crippen LogP contribution < -0.4 is 5.32 Å². The van der Waals surface area contributed by atoms with Gasteiger partial charge in [-0.05, 0) is 13.3 Å². The van der Waals surface area contributed by atoms with Crippen LogP contribution in [0.1, 0.15) is 13.3 Å². The lowest BCUT2D eigenvalue weighted by Gasteiger charge is -2.34. The van der Waals surface area contributed by atoms with Gasteiger partial charge < -0.3 is 10.4 Å². The van der Waals surface area contributed by atoms with Gasteiger partial charge in [0.2, 0.25) is 5.91 Å². The summed E-state index contributed by atoms with van der Waals surface area (Å²) in [6, 6.07) is 0.286. The van der Waals surface area contributed by atoms with Gasteiger partial charge in [0.25, 0.3) is 0 Å². The van der Waals surface area contributed by atoms with Gasteiger partial charge in [0.1, 0.15) is 0 Å². The number of fused-ring (bicyclic) bond motifs is 1. The summed E-state index contributed by atoms with van der Waals surface area (Å²) >= 11 is 0. The van der Waals surface area contributed by atoms with Crippen LogP contribution in [0.3, 0.4) is 0 Å². The second-order valence-electron chi connectivity index (χ2n) is 3.70. The van der Waals surface area contributed by atoms with Crippen molar-refractivity contribution < 1.29 is 9.90 Å². The minimum atomic E-state index is -0.318. The number of nitrogens with one attached hydrogen (secondary N) is 1. The molecule has 1 amide bonds. The molecular formula is C8H14N2O2. The first-order valence-electron chi connectivity index (χ1n) is 4.40. The molecule has 0 aromatic rings. The van der Waals surface area contributed by atoms with E-state index in [0.717, 1.165) is 0 Å². The summed E-state index contributed by atoms with van der Waals surface area (Å²) in [6.45, 7) is 3.44. The SMILES string of the molecule is C[C@@H]1CNC(=O)[C@@H]2C[C@@H](O)CN12. The standard InChI is InChI=1S/C8H14N2O2/c1-5-3-9-8(12)7-2-6(11)4-10(5)7/h5-7,11H,2-4H2,1H3,(H,9,12)/t5-,6-,7+/m1/s1. The van der Waals surface area contributed by atoms with E-state index in [1.54, 1.807) is 0 Å². The lowest BCUT2D eigenvalue weighted by atomic mass is 10.1. The van der Waals surface area contributed by atoms with Crippen molar-refractivity contribution in [3.8, 4) is 0 Å². The minimum Gasteiger partial charge on any atom is -0.392 e. The van der Waals surface area contributed by atoms with Gasteiger partial charge in [0.05, 0.1) is 12.1 Å². The van der Waals surface area contributed by atoms with Gasteiger partial charge in [-0.2, -0.15) is 0 Å². The Morgan fingerprint density at radius 1 is 1.67 bits per heavy atom. The van der Waals surface area contributed by atoms with Crippen LogP contribution in [0.2, 0.25) is 0 Å². The zero-order valence-corrected chi connectivity index (χ0v) is 7.16. The summed E-state index contributed by atoms with van der Waals surface area (Å²) in [6.07, 6.45) is 0.275. The van der Waals surface area contributed by atoms with Gasteiger partial charge in [-0.1, -0.05) is 0 Å². The largest absolute Gasteiger partial charge is 0.392 e. The Morgan fingerprint density at radius 3 is 3.08 bits per heavy atom. The number of piperazine rings is 1. The number of aliphatic hydroxyl groups is 1. The fourth-order valence-electron chi connectivity index (χ4n) is 2.07. The van der Waals surface area contributed by atoms with Crippen LogP contribution in [0.5, 0.6) is 0 Å². The molecule has 0 spiro atoms. The molecule has 2 fully saturated rings. The van der Waals surface area contributed by atoms with Crippen LogP contribution in [0.25, 0.3) is 0 Å². The predicted octanol–water partition coefficient (Wildman–Crippen LogP) is -1.06. The average molecular weight is 170 g/mol. The average Bonchev–Trinajstić information content (AvgIpc) is 2.41. The Morgan fingerprint density at radius 2 is 2.42 bits per heavy atom. The van der Waals surface area contributed by atoms with Gasteiger partial charge >= 0.3 is 0 Å². The topological polar surface area (TPSA) is 52.6 Å². The number of carbonyl (C=O) groups is 1. The Bertz CT molecular complexity index is 207. The van der Waals surface area contributed by atoms with Gasteiger partial charge in [0, 0.05) is 19.1 Å². The van der Waals surface area contributed by atoms with Crippen LogP contribution in [0, 0.1) is 0 Å². The van der Waals surface area contributed by atoms with Crippen molar-refractivity contribution in [2.45, 2.75) is 31.5 Å². The van der Waals surface area contributed by atoms with Gasteiger partial charge in [-0.3, -0.25) is 9.69 Å². The second-order valence-corrected chi connectivity index (χ2v) is 3.70. The summed E-state index contributed by atoms with van der Waals surface area (Å²) in [7, 11) is 0. The molecule has 2 aliphatic heterocycles. The van der Waals surface area contributed by atoms with Crippen LogP contribution in [-0.2, 0) is 4.79 Å². The van der Waals surface area contributed by atoms with E-state index in [2.05, 4.69) is 17.1 Å². The molecule has 4 nitrogen and oxygen atoms in total. The summed E-state index contributed by atoms with van der Waals surface area (Å²) < 4.78 is 0. The molecule has 2 aliphatic rings. The number of carbonyl (C=O) groups excluding carboxylic acids is 1. The molecule has 0 aromatic carbocycles. The van der Waals surface area contributed by atoms with Crippen molar-refractivity contribution in [2.24, 2.45) is 0 Å². The maximum Gasteiger partial charge on any atom is 0.237 e. The molecule has 3 atom stereocenters. The zero-order valence-electron chi connectivity index (χ0n) is 7.16. The highest BCUT2D eigenvalue weighted by atomic mass is 16.3. The third kappa shape index (κ3) is 1.11. The van der Waals surface area contributed by atoms with E-state index in [0.29, 0.717) is 25.6 Å². The molecule has 2 N–H and O–H groups in total. The van der Waals surface area contributed by atoms with Crippen molar-refractivity contribution in [3.63, 3.8) is 0 Å². The number of nitrogens with zero attached hydrogens (tertiary/aromatic N) is 1. The lowest BCUT2D eigenvalue weighted by molar-refractivity contribution is -0.129. The van der Waals surface area contributed by atoms with Crippen molar-refractivity contribution >= 4 is 5.91 Å². The maximum atomic E-state index is 11.3. The third-order valence-corrected chi connectivity index (χ3v) is 2.76. The van der Waals surface area contributed by atoms with E-state index < -0.39 is 0 Å². The van der Waals surface area contributed by atoms with Crippen LogP contribution in [0.4, 0.5) is 0 Å². The number of hydrogen-bond acceptors (Lipinski definition) is 3. The van der Waals surface area contributed by atoms with Crippen molar-refractivity contribution in [1.82, 2.24) is 10.2 Å². The summed E-state index contributed by atoms with van der Waals surface area (Å²) in [5.74, 6) is 0.0738. The zero-order chi connectivity index (χ0) is 8.72. The first-order valence-corrected chi connectivity index (χ1v) is 4.40. The fourth-order valence-corrected chi connectivity index (χ4v) is 2.07. The van der Waals surface area contributed by atoms with Gasteiger partial charge in [-0.25, -0.2) is 0 Å². The van der Waals surface area contributed by atoms with Crippen molar-refractivity contribution in [2.75, 3.05) is 13.1 Å². The Labute approximate surface area is 71.5 Å². The molecule has 2 heterocycles. The second kappa shape index (κ2) is 2.71. The van der Waals surface area contributed by atoms with Crippen LogP contribution >= 0.6 is 0 Å². The summed E-state index contributed by atoms with van der Waals surface area (Å²) in [5, 5.41) is 12.2. The van der Waals surface area contributed by atoms with Crippen molar-refractivity contribution in [3.05, 3.63) is 0 Å². The monoisotopic (exact) mass is 170 g/mol. The van der Waals surface area contributed by atoms with Crippen LogP contribution in [-0.4, -0.2) is 47.2 Å². The predicted molar refractivity (Wildman–Crippen MR) is 43.6 cm³/mol. The van der Waals surface area contributed by atoms with E-state index in [1.807, 2.05) is 0 Å². The first-order chi connectivity index (χ1) is 5.68. The number of hydrogen-bond donors (Lipinski definition) is 2. The third-order valence-electron chi connectivity index (χ3n) is 2.76. The summed E-state index contributed by atoms with van der Waals surface area (Å²) in [4.78, 5) is 13.4. The number of rotatable bonds is 0. The maximum absolute atomic E-state index is 11.3. The van der Waals surface area contributed by atoms with Gasteiger partial charge in [-0.15, -0.1) is 0 Å². The molecule has 2 rings (SSSR count). The van der Waals surface area contributed by atoms with E-state index in [-0.39, 0.29) is 18.1 Å². The molecule has 68 valence electrons. The summed E-state index contributed by atoms with van der Waals surface area (Å²) in [5.41, 5.74) is 0. The normalized spacial score (nSPS) is 42.5. The molecule has 0 saturated carbocycles. The molecule has 0 aromatic heterocycles. The Hall–Kier alpha value is -0.610. The highest BCUT2D eigenvalue weighted by Gasteiger charge is 2.41. The lowest BCUT2D eigenvalue weighted by Crippen LogP contribution is -2.56. The molecule has 2 saturated heterocycles. The molecule has 0 aliphatic carbocycles. The van der Waals surface area contributed by atoms with Crippen LogP contribution in [0.15, 0.2) is 0 Å². The number of amides is 1. The first kappa shape index (κ1) is 8.01. The smallest absolute Gasteiger partial charge is 0.237 e. The molecule has 0 bridgehead atoms. The Balaban J connectivity index is 2.14. The van der Waals surface area contributed by atoms with E-state index in [4.69, 9.17) is 0 Å². The fraction of sp³-hybridized carbons (Fsp3) is 0.875. The van der Waals surface area contributed by atoms with E-state index in [1.165, 1.54) is 0 Å². The highest BCUT2D eigenvalue weighted by molar-refractivity contribution is 5.83. The van der Waals surface area contributed by atoms with E-state index in [9.17, 15) is 9.90 Å². The molecule has 0 radical (unpaired) electrons. The molecule has 0 unspecified atom stereocenters. The van der Waals surface area contributed by atoms with E-state index >= 15 is 0 Å². The quantitative estimate of drug-likeness (QED) is 0.487. The minimum absolute atomic E-state index is 0.0738. The highest BCUT2D eigenvalue weighted by Crippen LogP contribution is 2.22. The molecule has 4 heteroatoms. The van der Waals surface area contributed by atoms with Crippen molar-refractivity contribution in [1.29, 1.82) is 0 Å².